The lowest BCUT2D eigenvalue weighted by molar-refractivity contribution is 0.465. The number of halogens is 3. The van der Waals surface area contributed by atoms with Crippen LogP contribution >= 0.6 is 35.0 Å². The Hall–Kier alpha value is -1.56. The highest BCUT2D eigenvalue weighted by atomic mass is 35.5. The van der Waals surface area contributed by atoms with E-state index in [2.05, 4.69) is 10.2 Å². The zero-order valence-electron chi connectivity index (χ0n) is 11.1. The molecular formula is C15H9Cl2FN2OS. The van der Waals surface area contributed by atoms with Crippen LogP contribution in [0.15, 0.2) is 52.1 Å². The SMILES string of the molecule is Fc1cccc(Cl)c1CSc1nnc(-c2ccc(Cl)cc2)o1. The minimum absolute atomic E-state index is 0.313. The summed E-state index contributed by atoms with van der Waals surface area (Å²) >= 11 is 13.0. The van der Waals surface area contributed by atoms with Crippen LogP contribution in [0.5, 0.6) is 0 Å². The summed E-state index contributed by atoms with van der Waals surface area (Å²) < 4.78 is 19.2. The molecule has 0 bridgehead atoms. The Bertz CT molecular complexity index is 772. The second-order valence-electron chi connectivity index (χ2n) is 4.37. The molecule has 0 aliphatic heterocycles. The Balaban J connectivity index is 1.73. The van der Waals surface area contributed by atoms with Gasteiger partial charge in [0, 0.05) is 26.9 Å². The average Bonchev–Trinajstić information content (AvgIpc) is 2.96. The Kier molecular flexibility index (Phi) is 4.66. The monoisotopic (exact) mass is 354 g/mol. The van der Waals surface area contributed by atoms with Gasteiger partial charge in [-0.05, 0) is 36.4 Å². The predicted molar refractivity (Wildman–Crippen MR) is 85.7 cm³/mol. The largest absolute Gasteiger partial charge is 0.411 e. The van der Waals surface area contributed by atoms with Crippen molar-refractivity contribution in [2.24, 2.45) is 0 Å². The first-order valence-corrected chi connectivity index (χ1v) is 8.03. The summed E-state index contributed by atoms with van der Waals surface area (Å²) in [4.78, 5) is 0. The number of thioether (sulfide) groups is 1. The van der Waals surface area contributed by atoms with Gasteiger partial charge in [0.1, 0.15) is 5.82 Å². The molecule has 0 radical (unpaired) electrons. The molecule has 0 amide bonds. The van der Waals surface area contributed by atoms with E-state index in [9.17, 15) is 4.39 Å². The van der Waals surface area contributed by atoms with Crippen molar-refractivity contribution in [3.05, 3.63) is 63.9 Å². The quantitative estimate of drug-likeness (QED) is 0.582. The lowest BCUT2D eigenvalue weighted by Gasteiger charge is -2.02. The van der Waals surface area contributed by atoms with Crippen molar-refractivity contribution in [2.75, 3.05) is 0 Å². The highest BCUT2D eigenvalue weighted by molar-refractivity contribution is 7.98. The van der Waals surface area contributed by atoms with Crippen LogP contribution in [0.1, 0.15) is 5.56 Å². The summed E-state index contributed by atoms with van der Waals surface area (Å²) in [6, 6.07) is 11.6. The van der Waals surface area contributed by atoms with Crippen molar-refractivity contribution in [3.63, 3.8) is 0 Å². The molecule has 2 aromatic carbocycles. The van der Waals surface area contributed by atoms with Crippen molar-refractivity contribution in [1.82, 2.24) is 10.2 Å². The van der Waals surface area contributed by atoms with E-state index in [1.807, 2.05) is 0 Å². The van der Waals surface area contributed by atoms with Gasteiger partial charge in [-0.15, -0.1) is 10.2 Å². The predicted octanol–water partition coefficient (Wildman–Crippen LogP) is 5.47. The third kappa shape index (κ3) is 3.43. The summed E-state index contributed by atoms with van der Waals surface area (Å²) in [5, 5.41) is 9.27. The number of benzene rings is 2. The average molecular weight is 355 g/mol. The molecule has 112 valence electrons. The van der Waals surface area contributed by atoms with Crippen molar-refractivity contribution in [2.45, 2.75) is 11.0 Å². The Morgan fingerprint density at radius 2 is 1.82 bits per heavy atom. The summed E-state index contributed by atoms with van der Waals surface area (Å²) in [6.45, 7) is 0. The Morgan fingerprint density at radius 3 is 2.55 bits per heavy atom. The van der Waals surface area contributed by atoms with Gasteiger partial charge in [-0.1, -0.05) is 41.0 Å². The Labute approximate surface area is 140 Å². The molecule has 7 heteroatoms. The third-order valence-corrected chi connectivity index (χ3v) is 4.35. The molecule has 0 saturated carbocycles. The first kappa shape index (κ1) is 15.3. The van der Waals surface area contributed by atoms with E-state index >= 15 is 0 Å². The first-order chi connectivity index (χ1) is 10.6. The minimum Gasteiger partial charge on any atom is -0.411 e. The van der Waals surface area contributed by atoms with Crippen molar-refractivity contribution in [1.29, 1.82) is 0 Å². The van der Waals surface area contributed by atoms with E-state index in [1.54, 1.807) is 36.4 Å². The second kappa shape index (κ2) is 6.69. The molecule has 0 aliphatic carbocycles. The van der Waals surface area contributed by atoms with Gasteiger partial charge in [0.2, 0.25) is 5.89 Å². The molecule has 0 fully saturated rings. The maximum atomic E-state index is 13.7. The molecule has 1 heterocycles. The summed E-state index contributed by atoms with van der Waals surface area (Å²) in [5.41, 5.74) is 1.19. The number of nitrogens with zero attached hydrogens (tertiary/aromatic N) is 2. The zero-order valence-corrected chi connectivity index (χ0v) is 13.4. The van der Waals surface area contributed by atoms with Crippen molar-refractivity contribution in [3.8, 4) is 11.5 Å². The van der Waals surface area contributed by atoms with Crippen LogP contribution in [-0.4, -0.2) is 10.2 Å². The molecule has 1 aromatic heterocycles. The van der Waals surface area contributed by atoms with E-state index in [1.165, 1.54) is 17.8 Å². The van der Waals surface area contributed by atoms with E-state index in [0.29, 0.717) is 32.5 Å². The van der Waals surface area contributed by atoms with E-state index in [-0.39, 0.29) is 5.82 Å². The van der Waals surface area contributed by atoms with Crippen LogP contribution in [0.2, 0.25) is 10.0 Å². The fourth-order valence-electron chi connectivity index (χ4n) is 1.78. The molecule has 0 unspecified atom stereocenters. The maximum Gasteiger partial charge on any atom is 0.277 e. The van der Waals surface area contributed by atoms with Crippen LogP contribution < -0.4 is 0 Å². The van der Waals surface area contributed by atoms with Gasteiger partial charge in [-0.2, -0.15) is 0 Å². The Morgan fingerprint density at radius 1 is 1.05 bits per heavy atom. The standard InChI is InChI=1S/C15H9Cl2FN2OS/c16-10-6-4-9(5-7-10)14-19-20-15(21-14)22-8-11-12(17)2-1-3-13(11)18/h1-7H,8H2. The lowest BCUT2D eigenvalue weighted by Crippen LogP contribution is -1.88. The number of hydrogen-bond acceptors (Lipinski definition) is 4. The van der Waals surface area contributed by atoms with Gasteiger partial charge < -0.3 is 4.42 Å². The molecule has 0 atom stereocenters. The number of hydrogen-bond donors (Lipinski definition) is 0. The van der Waals surface area contributed by atoms with Gasteiger partial charge in [-0.25, -0.2) is 4.39 Å². The second-order valence-corrected chi connectivity index (χ2v) is 6.14. The van der Waals surface area contributed by atoms with E-state index in [0.717, 1.165) is 5.56 Å². The van der Waals surface area contributed by atoms with Gasteiger partial charge in [0.05, 0.1) is 0 Å². The lowest BCUT2D eigenvalue weighted by atomic mass is 10.2. The number of rotatable bonds is 4. The highest BCUT2D eigenvalue weighted by Crippen LogP contribution is 2.29. The molecule has 3 aromatic rings. The van der Waals surface area contributed by atoms with Crippen LogP contribution in [0.4, 0.5) is 4.39 Å². The van der Waals surface area contributed by atoms with E-state index < -0.39 is 0 Å². The topological polar surface area (TPSA) is 38.9 Å². The molecule has 0 aliphatic rings. The molecule has 0 spiro atoms. The summed E-state index contributed by atoms with van der Waals surface area (Å²) in [7, 11) is 0. The summed E-state index contributed by atoms with van der Waals surface area (Å²) in [6.07, 6.45) is 0. The molecule has 0 saturated heterocycles. The molecule has 3 nitrogen and oxygen atoms in total. The smallest absolute Gasteiger partial charge is 0.277 e. The molecular weight excluding hydrogens is 346 g/mol. The molecule has 3 rings (SSSR count). The van der Waals surface area contributed by atoms with Crippen LogP contribution in [-0.2, 0) is 5.75 Å². The van der Waals surface area contributed by atoms with Crippen molar-refractivity contribution >= 4 is 35.0 Å². The summed E-state index contributed by atoms with van der Waals surface area (Å²) in [5.74, 6) is 0.351. The highest BCUT2D eigenvalue weighted by Gasteiger charge is 2.12. The molecule has 0 N–H and O–H groups in total. The fourth-order valence-corrected chi connectivity index (χ4v) is 3.01. The van der Waals surface area contributed by atoms with Gasteiger partial charge in [0.25, 0.3) is 5.22 Å². The minimum atomic E-state index is -0.350. The molecule has 22 heavy (non-hydrogen) atoms. The van der Waals surface area contributed by atoms with Crippen LogP contribution in [0, 0.1) is 5.82 Å². The zero-order chi connectivity index (χ0) is 15.5. The number of aromatic nitrogens is 2. The van der Waals surface area contributed by atoms with Gasteiger partial charge in [0.15, 0.2) is 0 Å². The van der Waals surface area contributed by atoms with Crippen LogP contribution in [0.3, 0.4) is 0 Å². The third-order valence-electron chi connectivity index (χ3n) is 2.90. The first-order valence-electron chi connectivity index (χ1n) is 6.28. The van der Waals surface area contributed by atoms with Crippen LogP contribution in [0.25, 0.3) is 11.5 Å². The normalized spacial score (nSPS) is 10.9. The van der Waals surface area contributed by atoms with Crippen molar-refractivity contribution < 1.29 is 8.81 Å². The van der Waals surface area contributed by atoms with E-state index in [4.69, 9.17) is 27.6 Å². The fraction of sp³-hybridized carbons (Fsp3) is 0.0667. The maximum absolute atomic E-state index is 13.7. The van der Waals surface area contributed by atoms with Gasteiger partial charge >= 0.3 is 0 Å². The van der Waals surface area contributed by atoms with Gasteiger partial charge in [-0.3, -0.25) is 0 Å².